The van der Waals surface area contributed by atoms with Crippen LogP contribution in [0.25, 0.3) is 0 Å². The SMILES string of the molecule is O=C(O)c1ccc(C(=O)Oc2ccc(C(c3ccc(O)cc3)(C(F)(F)F)C(F)(F)F)cc2)cc1. The van der Waals surface area contributed by atoms with Crippen LogP contribution in [0.2, 0.25) is 0 Å². The van der Waals surface area contributed by atoms with Crippen LogP contribution in [0.3, 0.4) is 0 Å². The Balaban J connectivity index is 1.99. The topological polar surface area (TPSA) is 83.8 Å². The lowest BCUT2D eigenvalue weighted by molar-refractivity contribution is -0.288. The van der Waals surface area contributed by atoms with Crippen LogP contribution in [0.1, 0.15) is 31.8 Å². The number of hydrogen-bond donors (Lipinski definition) is 2. The Kier molecular flexibility index (Phi) is 6.32. The fraction of sp³-hybridized carbons (Fsp3) is 0.130. The normalized spacial score (nSPS) is 12.3. The highest BCUT2D eigenvalue weighted by Gasteiger charge is 2.72. The fourth-order valence-corrected chi connectivity index (χ4v) is 3.38. The Morgan fingerprint density at radius 1 is 0.647 bits per heavy atom. The third-order valence-electron chi connectivity index (χ3n) is 5.02. The van der Waals surface area contributed by atoms with Crippen molar-refractivity contribution in [3.05, 3.63) is 95.1 Å². The molecule has 5 nitrogen and oxygen atoms in total. The van der Waals surface area contributed by atoms with Crippen LogP contribution in [-0.4, -0.2) is 34.5 Å². The first kappa shape index (κ1) is 24.6. The van der Waals surface area contributed by atoms with Gasteiger partial charge < -0.3 is 14.9 Å². The summed E-state index contributed by atoms with van der Waals surface area (Å²) in [5.41, 5.74) is -6.94. The molecule has 0 radical (unpaired) electrons. The number of carboxylic acid groups (broad SMARTS) is 1. The van der Waals surface area contributed by atoms with Crippen molar-refractivity contribution in [2.75, 3.05) is 0 Å². The van der Waals surface area contributed by atoms with Crippen molar-refractivity contribution >= 4 is 11.9 Å². The van der Waals surface area contributed by atoms with E-state index in [1.807, 2.05) is 0 Å². The van der Waals surface area contributed by atoms with Crippen molar-refractivity contribution in [2.24, 2.45) is 0 Å². The van der Waals surface area contributed by atoms with Crippen molar-refractivity contribution < 1.29 is 50.9 Å². The van der Waals surface area contributed by atoms with E-state index in [2.05, 4.69) is 0 Å². The predicted octanol–water partition coefficient (Wildman–Crippen LogP) is 5.72. The van der Waals surface area contributed by atoms with E-state index >= 15 is 0 Å². The molecule has 2 N–H and O–H groups in total. The lowest BCUT2D eigenvalue weighted by Gasteiger charge is -2.38. The number of alkyl halides is 6. The summed E-state index contributed by atoms with van der Waals surface area (Å²) in [5.74, 6) is -3.08. The van der Waals surface area contributed by atoms with Crippen LogP contribution < -0.4 is 4.74 Å². The largest absolute Gasteiger partial charge is 0.508 e. The average molecular weight is 484 g/mol. The Bertz CT molecular complexity index is 1170. The molecule has 0 saturated heterocycles. The standard InChI is InChI=1S/C23H14F6O5/c24-22(25,26)21(23(27,28)29,15-5-9-17(30)10-6-15)16-7-11-18(12-8-16)34-20(33)14-3-1-13(2-4-14)19(31)32/h1-12,30H,(H,31,32). The molecule has 3 aromatic carbocycles. The van der Waals surface area contributed by atoms with Crippen molar-refractivity contribution in [3.63, 3.8) is 0 Å². The summed E-state index contributed by atoms with van der Waals surface area (Å²) in [7, 11) is 0. The van der Waals surface area contributed by atoms with Gasteiger partial charge in [0, 0.05) is 0 Å². The minimum absolute atomic E-state index is 0.0851. The third kappa shape index (κ3) is 4.41. The molecule has 0 bridgehead atoms. The molecule has 0 heterocycles. The van der Waals surface area contributed by atoms with E-state index in [0.29, 0.717) is 36.4 Å². The average Bonchev–Trinajstić information content (AvgIpc) is 2.74. The van der Waals surface area contributed by atoms with Crippen LogP contribution in [0.5, 0.6) is 11.5 Å². The highest BCUT2D eigenvalue weighted by Crippen LogP contribution is 2.56. The number of halogens is 6. The molecule has 0 fully saturated rings. The smallest absolute Gasteiger partial charge is 0.411 e. The maximum Gasteiger partial charge on any atom is 0.411 e. The van der Waals surface area contributed by atoms with E-state index in [4.69, 9.17) is 9.84 Å². The van der Waals surface area contributed by atoms with Gasteiger partial charge in [0.25, 0.3) is 0 Å². The zero-order valence-electron chi connectivity index (χ0n) is 16.8. The summed E-state index contributed by atoms with van der Waals surface area (Å²) in [6.07, 6.45) is -11.6. The molecular formula is C23H14F6O5. The molecule has 11 heteroatoms. The number of phenolic OH excluding ortho intramolecular Hbond substituents is 1. The van der Waals surface area contributed by atoms with E-state index in [9.17, 15) is 41.0 Å². The van der Waals surface area contributed by atoms with Gasteiger partial charge in [-0.2, -0.15) is 26.3 Å². The van der Waals surface area contributed by atoms with Gasteiger partial charge in [-0.05, 0) is 59.7 Å². The minimum Gasteiger partial charge on any atom is -0.508 e. The molecule has 0 aliphatic carbocycles. The van der Waals surface area contributed by atoms with E-state index in [1.54, 1.807) is 0 Å². The zero-order chi connectivity index (χ0) is 25.3. The predicted molar refractivity (Wildman–Crippen MR) is 106 cm³/mol. The molecule has 0 atom stereocenters. The number of carbonyl (C=O) groups is 2. The van der Waals surface area contributed by atoms with Gasteiger partial charge in [-0.25, -0.2) is 9.59 Å². The molecule has 0 saturated carbocycles. The van der Waals surface area contributed by atoms with Crippen LogP contribution >= 0.6 is 0 Å². The summed E-state index contributed by atoms with van der Waals surface area (Å²) in [6.45, 7) is 0. The monoisotopic (exact) mass is 484 g/mol. The van der Waals surface area contributed by atoms with Gasteiger partial charge in [-0.15, -0.1) is 0 Å². The molecule has 0 unspecified atom stereocenters. The summed E-state index contributed by atoms with van der Waals surface area (Å²) >= 11 is 0. The number of esters is 1. The molecule has 0 spiro atoms. The summed E-state index contributed by atoms with van der Waals surface area (Å²) in [5, 5.41) is 18.2. The maximum absolute atomic E-state index is 14.1. The number of carboxylic acids is 1. The number of benzene rings is 3. The number of ether oxygens (including phenoxy) is 1. The molecule has 3 rings (SSSR count). The summed E-state index contributed by atoms with van der Waals surface area (Å²) in [4.78, 5) is 23.1. The summed E-state index contributed by atoms with van der Waals surface area (Å²) < 4.78 is 89.3. The van der Waals surface area contributed by atoms with E-state index in [0.717, 1.165) is 36.4 Å². The number of carbonyl (C=O) groups excluding carboxylic acids is 1. The number of phenols is 1. The van der Waals surface area contributed by atoms with Gasteiger partial charge in [0.05, 0.1) is 11.1 Å². The molecule has 0 amide bonds. The van der Waals surface area contributed by atoms with E-state index in [1.165, 1.54) is 0 Å². The number of aromatic carboxylic acids is 1. The van der Waals surface area contributed by atoms with Gasteiger partial charge in [-0.3, -0.25) is 0 Å². The molecule has 3 aromatic rings. The minimum atomic E-state index is -5.81. The third-order valence-corrected chi connectivity index (χ3v) is 5.02. The first-order valence-corrected chi connectivity index (χ1v) is 9.36. The Morgan fingerprint density at radius 3 is 1.47 bits per heavy atom. The molecule has 0 aliphatic rings. The van der Waals surface area contributed by atoms with Crippen LogP contribution in [0.4, 0.5) is 26.3 Å². The van der Waals surface area contributed by atoms with Crippen molar-refractivity contribution in [3.8, 4) is 11.5 Å². The van der Waals surface area contributed by atoms with Crippen LogP contribution in [0, 0.1) is 0 Å². The van der Waals surface area contributed by atoms with Gasteiger partial charge in [0.1, 0.15) is 11.5 Å². The Hall–Kier alpha value is -4.02. The number of hydrogen-bond acceptors (Lipinski definition) is 4. The second-order valence-corrected chi connectivity index (χ2v) is 7.09. The first-order chi connectivity index (χ1) is 15.8. The van der Waals surface area contributed by atoms with Gasteiger partial charge in [-0.1, -0.05) is 24.3 Å². The zero-order valence-corrected chi connectivity index (χ0v) is 16.8. The Labute approximate surface area is 187 Å². The van der Waals surface area contributed by atoms with Crippen LogP contribution in [-0.2, 0) is 5.41 Å². The maximum atomic E-state index is 14.1. The molecule has 178 valence electrons. The first-order valence-electron chi connectivity index (χ1n) is 9.36. The molecular weight excluding hydrogens is 470 g/mol. The van der Waals surface area contributed by atoms with Gasteiger partial charge in [0.15, 0.2) is 0 Å². The van der Waals surface area contributed by atoms with E-state index < -0.39 is 46.6 Å². The molecule has 0 aliphatic heterocycles. The fourth-order valence-electron chi connectivity index (χ4n) is 3.38. The molecule has 34 heavy (non-hydrogen) atoms. The van der Waals surface area contributed by atoms with Gasteiger partial charge in [0.2, 0.25) is 5.41 Å². The quantitative estimate of drug-likeness (QED) is 0.275. The van der Waals surface area contributed by atoms with Crippen molar-refractivity contribution in [1.29, 1.82) is 0 Å². The second-order valence-electron chi connectivity index (χ2n) is 7.09. The number of aromatic hydroxyl groups is 1. The van der Waals surface area contributed by atoms with Crippen molar-refractivity contribution in [1.82, 2.24) is 0 Å². The lowest BCUT2D eigenvalue weighted by atomic mass is 9.73. The highest BCUT2D eigenvalue weighted by molar-refractivity contribution is 5.93. The second kappa shape index (κ2) is 8.73. The number of rotatable bonds is 5. The van der Waals surface area contributed by atoms with Crippen molar-refractivity contribution in [2.45, 2.75) is 17.8 Å². The van der Waals surface area contributed by atoms with Crippen LogP contribution in [0.15, 0.2) is 72.8 Å². The van der Waals surface area contributed by atoms with Gasteiger partial charge >= 0.3 is 24.3 Å². The lowest BCUT2D eigenvalue weighted by Crippen LogP contribution is -2.54. The Morgan fingerprint density at radius 2 is 1.06 bits per heavy atom. The highest BCUT2D eigenvalue weighted by atomic mass is 19.4. The van der Waals surface area contributed by atoms with E-state index in [-0.39, 0.29) is 16.9 Å². The molecule has 0 aromatic heterocycles. The summed E-state index contributed by atoms with van der Waals surface area (Å²) in [6, 6.07) is 9.69.